The molecular weight excluding hydrogens is 254 g/mol. The van der Waals surface area contributed by atoms with Gasteiger partial charge in [0.05, 0.1) is 0 Å². The van der Waals surface area contributed by atoms with Gasteiger partial charge in [0.15, 0.2) is 6.29 Å². The number of carbonyl (C=O) groups excluding carboxylic acids is 1. The van der Waals surface area contributed by atoms with Crippen LogP contribution in [0.3, 0.4) is 0 Å². The summed E-state index contributed by atoms with van der Waals surface area (Å²) in [6.07, 6.45) is 6.76. The van der Waals surface area contributed by atoms with Crippen LogP contribution in [0.4, 0.5) is 0 Å². The number of rotatable bonds is 13. The summed E-state index contributed by atoms with van der Waals surface area (Å²) in [4.78, 5) is 11.5. The van der Waals surface area contributed by atoms with Crippen molar-refractivity contribution in [3.63, 3.8) is 0 Å². The van der Waals surface area contributed by atoms with Gasteiger partial charge in [0, 0.05) is 32.3 Å². The average Bonchev–Trinajstić information content (AvgIpc) is 2.46. The SMILES string of the molecule is C=C(CC(OCCCCC)OCCCCC)C(=O)NC. The summed E-state index contributed by atoms with van der Waals surface area (Å²) in [7, 11) is 1.60. The number of likely N-dealkylation sites (N-methyl/N-ethyl adjacent to an activating group) is 1. The minimum Gasteiger partial charge on any atom is -0.355 e. The molecule has 1 N–H and O–H groups in total. The maximum atomic E-state index is 11.5. The molecule has 0 aliphatic heterocycles. The lowest BCUT2D eigenvalue weighted by Crippen LogP contribution is -2.26. The summed E-state index contributed by atoms with van der Waals surface area (Å²) in [6.45, 7) is 9.45. The lowest BCUT2D eigenvalue weighted by atomic mass is 10.2. The molecule has 4 heteroatoms. The van der Waals surface area contributed by atoms with Crippen LogP contribution in [0.2, 0.25) is 0 Å². The molecule has 0 saturated heterocycles. The first-order valence-corrected chi connectivity index (χ1v) is 7.78. The van der Waals surface area contributed by atoms with E-state index in [-0.39, 0.29) is 12.2 Å². The molecule has 0 fully saturated rings. The fourth-order valence-electron chi connectivity index (χ4n) is 1.77. The standard InChI is InChI=1S/C16H31NO3/c1-5-7-9-11-19-15(20-12-10-8-6-2)13-14(3)16(18)17-4/h15H,3,5-13H2,1-2,4H3,(H,17,18). The van der Waals surface area contributed by atoms with Crippen LogP contribution in [-0.2, 0) is 14.3 Å². The van der Waals surface area contributed by atoms with E-state index in [1.165, 1.54) is 0 Å². The van der Waals surface area contributed by atoms with Gasteiger partial charge in [-0.1, -0.05) is 46.1 Å². The minimum absolute atomic E-state index is 0.149. The monoisotopic (exact) mass is 285 g/mol. The number of hydrogen-bond donors (Lipinski definition) is 1. The van der Waals surface area contributed by atoms with E-state index >= 15 is 0 Å². The van der Waals surface area contributed by atoms with Crippen molar-refractivity contribution >= 4 is 5.91 Å². The van der Waals surface area contributed by atoms with Crippen molar-refractivity contribution in [3.05, 3.63) is 12.2 Å². The fourth-order valence-corrected chi connectivity index (χ4v) is 1.77. The van der Waals surface area contributed by atoms with Gasteiger partial charge in [0.2, 0.25) is 5.91 Å². The number of unbranched alkanes of at least 4 members (excludes halogenated alkanes) is 4. The van der Waals surface area contributed by atoms with Crippen LogP contribution < -0.4 is 5.32 Å². The molecule has 0 unspecified atom stereocenters. The first-order chi connectivity index (χ1) is 9.65. The predicted octanol–water partition coefficient (Wildman–Crippen LogP) is 3.42. The summed E-state index contributed by atoms with van der Waals surface area (Å²) in [5.74, 6) is -0.149. The summed E-state index contributed by atoms with van der Waals surface area (Å²) >= 11 is 0. The molecule has 0 aliphatic carbocycles. The maximum Gasteiger partial charge on any atom is 0.246 e. The van der Waals surface area contributed by atoms with Crippen molar-refractivity contribution in [2.24, 2.45) is 0 Å². The van der Waals surface area contributed by atoms with E-state index < -0.39 is 0 Å². The molecule has 0 aromatic heterocycles. The molecule has 0 radical (unpaired) electrons. The summed E-state index contributed by atoms with van der Waals surface area (Å²) in [5, 5.41) is 2.57. The molecule has 0 aromatic carbocycles. The Balaban J connectivity index is 4.09. The van der Waals surface area contributed by atoms with Crippen molar-refractivity contribution in [1.29, 1.82) is 0 Å². The first kappa shape index (κ1) is 19.1. The molecule has 0 spiro atoms. The second-order valence-corrected chi connectivity index (χ2v) is 4.97. The Hall–Kier alpha value is -0.870. The van der Waals surface area contributed by atoms with E-state index in [4.69, 9.17) is 9.47 Å². The molecule has 0 aliphatic rings. The van der Waals surface area contributed by atoms with Crippen LogP contribution in [0.25, 0.3) is 0 Å². The van der Waals surface area contributed by atoms with Gasteiger partial charge in [-0.15, -0.1) is 0 Å². The van der Waals surface area contributed by atoms with E-state index in [1.54, 1.807) is 7.05 Å². The number of hydrogen-bond acceptors (Lipinski definition) is 3. The first-order valence-electron chi connectivity index (χ1n) is 7.78. The minimum atomic E-state index is -0.353. The van der Waals surface area contributed by atoms with Gasteiger partial charge >= 0.3 is 0 Å². The van der Waals surface area contributed by atoms with Gasteiger partial charge in [0.25, 0.3) is 0 Å². The largest absolute Gasteiger partial charge is 0.355 e. The van der Waals surface area contributed by atoms with Crippen LogP contribution in [0, 0.1) is 0 Å². The molecule has 0 heterocycles. The molecule has 0 rings (SSSR count). The van der Waals surface area contributed by atoms with Crippen molar-refractivity contribution in [2.45, 2.75) is 65.1 Å². The molecular formula is C16H31NO3. The Morgan fingerprint density at radius 2 is 1.55 bits per heavy atom. The Bertz CT molecular complexity index is 254. The Kier molecular flexibility index (Phi) is 12.6. The van der Waals surface area contributed by atoms with E-state index in [1.807, 2.05) is 0 Å². The van der Waals surface area contributed by atoms with E-state index in [0.29, 0.717) is 25.2 Å². The smallest absolute Gasteiger partial charge is 0.246 e. The van der Waals surface area contributed by atoms with Gasteiger partial charge < -0.3 is 14.8 Å². The van der Waals surface area contributed by atoms with Crippen molar-refractivity contribution in [1.82, 2.24) is 5.32 Å². The van der Waals surface area contributed by atoms with Gasteiger partial charge in [-0.3, -0.25) is 4.79 Å². The lowest BCUT2D eigenvalue weighted by Gasteiger charge is -2.19. The zero-order valence-electron chi connectivity index (χ0n) is 13.4. The number of ether oxygens (including phenoxy) is 2. The highest BCUT2D eigenvalue weighted by Crippen LogP contribution is 2.11. The fraction of sp³-hybridized carbons (Fsp3) is 0.812. The maximum absolute atomic E-state index is 11.5. The molecule has 0 atom stereocenters. The normalized spacial score (nSPS) is 10.8. The zero-order valence-corrected chi connectivity index (χ0v) is 13.4. The van der Waals surface area contributed by atoms with E-state index in [2.05, 4.69) is 25.7 Å². The van der Waals surface area contributed by atoms with Crippen LogP contribution in [-0.4, -0.2) is 32.5 Å². The van der Waals surface area contributed by atoms with Crippen LogP contribution in [0.5, 0.6) is 0 Å². The van der Waals surface area contributed by atoms with Gasteiger partial charge in [-0.05, 0) is 12.8 Å². The second kappa shape index (κ2) is 13.1. The van der Waals surface area contributed by atoms with Crippen LogP contribution >= 0.6 is 0 Å². The average molecular weight is 285 g/mol. The Morgan fingerprint density at radius 1 is 1.05 bits per heavy atom. The van der Waals surface area contributed by atoms with Crippen molar-refractivity contribution in [2.75, 3.05) is 20.3 Å². The van der Waals surface area contributed by atoms with Crippen molar-refractivity contribution in [3.8, 4) is 0 Å². The number of nitrogens with one attached hydrogen (secondary N) is 1. The highest BCUT2D eigenvalue weighted by molar-refractivity contribution is 5.92. The third-order valence-corrected chi connectivity index (χ3v) is 3.06. The molecule has 0 bridgehead atoms. The quantitative estimate of drug-likeness (QED) is 0.320. The van der Waals surface area contributed by atoms with E-state index in [0.717, 1.165) is 38.5 Å². The highest BCUT2D eigenvalue weighted by Gasteiger charge is 2.15. The number of amides is 1. The third kappa shape index (κ3) is 9.98. The Morgan fingerprint density at radius 3 is 1.95 bits per heavy atom. The molecule has 118 valence electrons. The molecule has 20 heavy (non-hydrogen) atoms. The molecule has 0 saturated carbocycles. The van der Waals surface area contributed by atoms with Crippen LogP contribution in [0.1, 0.15) is 58.8 Å². The summed E-state index contributed by atoms with van der Waals surface area (Å²) in [5.41, 5.74) is 0.503. The lowest BCUT2D eigenvalue weighted by molar-refractivity contribution is -0.144. The number of carbonyl (C=O) groups is 1. The molecule has 4 nitrogen and oxygen atoms in total. The van der Waals surface area contributed by atoms with E-state index in [9.17, 15) is 4.79 Å². The van der Waals surface area contributed by atoms with Gasteiger partial charge in [-0.25, -0.2) is 0 Å². The van der Waals surface area contributed by atoms with Gasteiger partial charge in [-0.2, -0.15) is 0 Å². The van der Waals surface area contributed by atoms with Crippen LogP contribution in [0.15, 0.2) is 12.2 Å². The predicted molar refractivity (Wildman–Crippen MR) is 82.6 cm³/mol. The summed E-state index contributed by atoms with van der Waals surface area (Å²) < 4.78 is 11.5. The molecule has 1 amide bonds. The second-order valence-electron chi connectivity index (χ2n) is 4.97. The van der Waals surface area contributed by atoms with Crippen molar-refractivity contribution < 1.29 is 14.3 Å². The topological polar surface area (TPSA) is 47.6 Å². The van der Waals surface area contributed by atoms with Gasteiger partial charge in [0.1, 0.15) is 0 Å². The highest BCUT2D eigenvalue weighted by atomic mass is 16.7. The zero-order chi connectivity index (χ0) is 15.2. The molecule has 0 aromatic rings. The summed E-state index contributed by atoms with van der Waals surface area (Å²) in [6, 6.07) is 0. The Labute approximate surface area is 123 Å². The third-order valence-electron chi connectivity index (χ3n) is 3.06.